The zero-order valence-electron chi connectivity index (χ0n) is 13.1. The molecule has 0 saturated carbocycles. The SMILES string of the molecule is Cc1cc(C)cc(NC(=O)C(C)(C)N2CCCCC2)c1. The minimum Gasteiger partial charge on any atom is -0.324 e. The first-order valence-electron chi connectivity index (χ1n) is 7.54. The van der Waals surface area contributed by atoms with Crippen LogP contribution in [-0.2, 0) is 4.79 Å². The number of amides is 1. The lowest BCUT2D eigenvalue weighted by molar-refractivity contribution is -0.126. The highest BCUT2D eigenvalue weighted by Crippen LogP contribution is 2.23. The molecule has 1 N–H and O–H groups in total. The van der Waals surface area contributed by atoms with Crippen molar-refractivity contribution in [1.82, 2.24) is 4.90 Å². The van der Waals surface area contributed by atoms with Gasteiger partial charge in [0.25, 0.3) is 0 Å². The van der Waals surface area contributed by atoms with Gasteiger partial charge in [0, 0.05) is 5.69 Å². The van der Waals surface area contributed by atoms with Gasteiger partial charge in [-0.15, -0.1) is 0 Å². The Labute approximate surface area is 122 Å². The number of nitrogens with one attached hydrogen (secondary N) is 1. The van der Waals surface area contributed by atoms with Gasteiger partial charge >= 0.3 is 0 Å². The molecule has 3 nitrogen and oxygen atoms in total. The van der Waals surface area contributed by atoms with Gasteiger partial charge in [0.15, 0.2) is 0 Å². The lowest BCUT2D eigenvalue weighted by Gasteiger charge is -2.39. The van der Waals surface area contributed by atoms with Crippen LogP contribution in [0.15, 0.2) is 18.2 Å². The highest BCUT2D eigenvalue weighted by molar-refractivity contribution is 5.97. The maximum Gasteiger partial charge on any atom is 0.244 e. The summed E-state index contributed by atoms with van der Waals surface area (Å²) in [4.78, 5) is 14.9. The second-order valence-corrected chi connectivity index (χ2v) is 6.44. The Morgan fingerprint density at radius 1 is 1.05 bits per heavy atom. The first-order chi connectivity index (χ1) is 9.39. The van der Waals surface area contributed by atoms with Crippen LogP contribution in [0.5, 0.6) is 0 Å². The van der Waals surface area contributed by atoms with Crippen LogP contribution in [-0.4, -0.2) is 29.4 Å². The molecule has 1 aromatic carbocycles. The minimum absolute atomic E-state index is 0.0874. The number of anilines is 1. The van der Waals surface area contributed by atoms with E-state index in [0.717, 1.165) is 18.8 Å². The fourth-order valence-electron chi connectivity index (χ4n) is 2.93. The Balaban J connectivity index is 2.09. The van der Waals surface area contributed by atoms with Crippen molar-refractivity contribution in [3.63, 3.8) is 0 Å². The van der Waals surface area contributed by atoms with Crippen molar-refractivity contribution >= 4 is 11.6 Å². The van der Waals surface area contributed by atoms with Crippen molar-refractivity contribution in [2.24, 2.45) is 0 Å². The van der Waals surface area contributed by atoms with Gasteiger partial charge in [-0.25, -0.2) is 0 Å². The van der Waals surface area contributed by atoms with Gasteiger partial charge in [0.1, 0.15) is 0 Å². The van der Waals surface area contributed by atoms with Gasteiger partial charge < -0.3 is 5.32 Å². The molecular weight excluding hydrogens is 248 g/mol. The number of hydrogen-bond donors (Lipinski definition) is 1. The third-order valence-electron chi connectivity index (χ3n) is 4.18. The van der Waals surface area contributed by atoms with Crippen molar-refractivity contribution in [3.8, 4) is 0 Å². The monoisotopic (exact) mass is 274 g/mol. The first kappa shape index (κ1) is 15.0. The molecule has 3 heteroatoms. The molecule has 1 fully saturated rings. The normalized spacial score (nSPS) is 17.0. The average Bonchev–Trinajstić information content (AvgIpc) is 2.38. The highest BCUT2D eigenvalue weighted by atomic mass is 16.2. The molecule has 1 aromatic rings. The van der Waals surface area contributed by atoms with E-state index in [0.29, 0.717) is 0 Å². The molecule has 2 rings (SSSR count). The van der Waals surface area contributed by atoms with Crippen LogP contribution in [0.1, 0.15) is 44.2 Å². The molecule has 1 heterocycles. The van der Waals surface area contributed by atoms with Gasteiger partial charge in [-0.1, -0.05) is 12.5 Å². The number of likely N-dealkylation sites (tertiary alicyclic amines) is 1. The smallest absolute Gasteiger partial charge is 0.244 e. The van der Waals surface area contributed by atoms with Crippen LogP contribution >= 0.6 is 0 Å². The average molecular weight is 274 g/mol. The number of rotatable bonds is 3. The van der Waals surface area contributed by atoms with Gasteiger partial charge in [-0.3, -0.25) is 9.69 Å². The van der Waals surface area contributed by atoms with Crippen molar-refractivity contribution in [2.45, 2.75) is 52.5 Å². The third kappa shape index (κ3) is 3.40. The van der Waals surface area contributed by atoms with Crippen LogP contribution < -0.4 is 5.32 Å². The Morgan fingerprint density at radius 3 is 2.15 bits per heavy atom. The molecular formula is C17H26N2O. The van der Waals surface area contributed by atoms with E-state index >= 15 is 0 Å². The molecule has 110 valence electrons. The molecule has 0 atom stereocenters. The second kappa shape index (κ2) is 5.96. The van der Waals surface area contributed by atoms with E-state index in [9.17, 15) is 4.79 Å². The number of hydrogen-bond acceptors (Lipinski definition) is 2. The van der Waals surface area contributed by atoms with E-state index in [1.54, 1.807) is 0 Å². The molecule has 0 unspecified atom stereocenters. The maximum absolute atomic E-state index is 12.6. The zero-order chi connectivity index (χ0) is 14.8. The zero-order valence-corrected chi connectivity index (χ0v) is 13.1. The van der Waals surface area contributed by atoms with E-state index in [2.05, 4.69) is 30.1 Å². The quantitative estimate of drug-likeness (QED) is 0.915. The van der Waals surface area contributed by atoms with Crippen molar-refractivity contribution in [3.05, 3.63) is 29.3 Å². The molecule has 1 aliphatic heterocycles. The summed E-state index contributed by atoms with van der Waals surface area (Å²) in [6.07, 6.45) is 3.67. The molecule has 1 aliphatic rings. The highest BCUT2D eigenvalue weighted by Gasteiger charge is 2.35. The van der Waals surface area contributed by atoms with E-state index in [4.69, 9.17) is 0 Å². The van der Waals surface area contributed by atoms with Crippen molar-refractivity contribution in [1.29, 1.82) is 0 Å². The second-order valence-electron chi connectivity index (χ2n) is 6.44. The Hall–Kier alpha value is -1.35. The van der Waals surface area contributed by atoms with Gasteiger partial charge in [0.05, 0.1) is 5.54 Å². The predicted molar refractivity (Wildman–Crippen MR) is 84.0 cm³/mol. The summed E-state index contributed by atoms with van der Waals surface area (Å²) in [6.45, 7) is 10.2. The number of nitrogens with zero attached hydrogens (tertiary/aromatic N) is 1. The van der Waals surface area contributed by atoms with E-state index in [1.165, 1.54) is 30.4 Å². The molecule has 1 amide bonds. The fraction of sp³-hybridized carbons (Fsp3) is 0.588. The molecule has 0 aliphatic carbocycles. The van der Waals surface area contributed by atoms with Gasteiger partial charge in [-0.05, 0) is 76.9 Å². The van der Waals surface area contributed by atoms with E-state index in [-0.39, 0.29) is 5.91 Å². The van der Waals surface area contributed by atoms with Crippen molar-refractivity contribution in [2.75, 3.05) is 18.4 Å². The molecule has 20 heavy (non-hydrogen) atoms. The lowest BCUT2D eigenvalue weighted by atomic mass is 9.97. The van der Waals surface area contributed by atoms with Crippen LogP contribution in [0.4, 0.5) is 5.69 Å². The Bertz CT molecular complexity index is 468. The van der Waals surface area contributed by atoms with Gasteiger partial charge in [0.2, 0.25) is 5.91 Å². The van der Waals surface area contributed by atoms with Crippen LogP contribution in [0.25, 0.3) is 0 Å². The summed E-state index contributed by atoms with van der Waals surface area (Å²) in [6, 6.07) is 6.17. The molecule has 0 radical (unpaired) electrons. The summed E-state index contributed by atoms with van der Waals surface area (Å²) in [5.41, 5.74) is 2.81. The van der Waals surface area contributed by atoms with Crippen molar-refractivity contribution < 1.29 is 4.79 Å². The summed E-state index contributed by atoms with van der Waals surface area (Å²) >= 11 is 0. The Morgan fingerprint density at radius 2 is 1.60 bits per heavy atom. The number of carbonyl (C=O) groups is 1. The molecule has 0 bridgehead atoms. The van der Waals surface area contributed by atoms with Gasteiger partial charge in [-0.2, -0.15) is 0 Å². The summed E-state index contributed by atoms with van der Waals surface area (Å²) in [5, 5.41) is 3.08. The maximum atomic E-state index is 12.6. The molecule has 1 saturated heterocycles. The number of aryl methyl sites for hydroxylation is 2. The molecule has 0 aromatic heterocycles. The summed E-state index contributed by atoms with van der Waals surface area (Å²) in [7, 11) is 0. The number of carbonyl (C=O) groups excluding carboxylic acids is 1. The summed E-state index contributed by atoms with van der Waals surface area (Å²) < 4.78 is 0. The minimum atomic E-state index is -0.446. The van der Waals surface area contributed by atoms with E-state index < -0.39 is 5.54 Å². The third-order valence-corrected chi connectivity index (χ3v) is 4.18. The largest absolute Gasteiger partial charge is 0.324 e. The molecule has 0 spiro atoms. The summed E-state index contributed by atoms with van der Waals surface area (Å²) in [5.74, 6) is 0.0874. The lowest BCUT2D eigenvalue weighted by Crippen LogP contribution is -2.54. The fourth-order valence-corrected chi connectivity index (χ4v) is 2.93. The topological polar surface area (TPSA) is 32.3 Å². The van der Waals surface area contributed by atoms with Crippen LogP contribution in [0.3, 0.4) is 0 Å². The standard InChI is InChI=1S/C17H26N2O/c1-13-10-14(2)12-15(11-13)18-16(20)17(3,4)19-8-6-5-7-9-19/h10-12H,5-9H2,1-4H3,(H,18,20). The Kier molecular flexibility index (Phi) is 4.48. The first-order valence-corrected chi connectivity index (χ1v) is 7.54. The number of piperidine rings is 1. The number of benzene rings is 1. The van der Waals surface area contributed by atoms with Crippen LogP contribution in [0.2, 0.25) is 0 Å². The predicted octanol–water partition coefficient (Wildman–Crippen LogP) is 3.51. The van der Waals surface area contributed by atoms with E-state index in [1.807, 2.05) is 26.0 Å². The van der Waals surface area contributed by atoms with Crippen LogP contribution in [0, 0.1) is 13.8 Å².